The normalized spacial score (nSPS) is 27.0. The summed E-state index contributed by atoms with van der Waals surface area (Å²) >= 11 is 0. The van der Waals surface area contributed by atoms with Crippen molar-refractivity contribution >= 4 is 5.84 Å². The largest absolute Gasteiger partial charge is 0.485 e. The Hall–Kier alpha value is -2.57. The van der Waals surface area contributed by atoms with Crippen LogP contribution in [0.3, 0.4) is 0 Å². The number of fused-ring (bicyclic) bond motifs is 1. The lowest BCUT2D eigenvalue weighted by Crippen LogP contribution is -2.53. The van der Waals surface area contributed by atoms with Crippen LogP contribution in [0.25, 0.3) is 0 Å². The molecule has 1 saturated heterocycles. The molecule has 1 N–H and O–H groups in total. The third-order valence-electron chi connectivity index (χ3n) is 4.49. The number of likely N-dealkylation sites (tertiary alicyclic amines) is 1. The fourth-order valence-corrected chi connectivity index (χ4v) is 3.33. The number of ether oxygens (including phenoxy) is 1. The molecule has 0 saturated carbocycles. The molecule has 2 atom stereocenters. The standard InChI is InChI=1S/C17H18N4O2/c1-17(2)16(22)15(21-7-3-4-14(21)20-10-19)12-8-11(9-18)5-6-13(12)23-17/h5-6,8,15-16,22H,3-4,7H2,1-2H3/t15-,16+/m1/s1. The molecule has 3 rings (SSSR count). The number of nitriles is 2. The predicted molar refractivity (Wildman–Crippen MR) is 83.6 cm³/mol. The summed E-state index contributed by atoms with van der Waals surface area (Å²) in [6, 6.07) is 6.97. The van der Waals surface area contributed by atoms with Gasteiger partial charge < -0.3 is 14.7 Å². The quantitative estimate of drug-likeness (QED) is 0.802. The van der Waals surface area contributed by atoms with Gasteiger partial charge in [0.15, 0.2) is 0 Å². The second-order valence-electron chi connectivity index (χ2n) is 6.38. The fourth-order valence-electron chi connectivity index (χ4n) is 3.33. The predicted octanol–water partition coefficient (Wildman–Crippen LogP) is 2.11. The Morgan fingerprint density at radius 2 is 2.17 bits per heavy atom. The van der Waals surface area contributed by atoms with Gasteiger partial charge in [0.05, 0.1) is 17.7 Å². The van der Waals surface area contributed by atoms with E-state index in [1.54, 1.807) is 18.2 Å². The molecule has 2 aliphatic rings. The minimum absolute atomic E-state index is 0.378. The molecule has 0 unspecified atom stereocenters. The van der Waals surface area contributed by atoms with E-state index < -0.39 is 11.7 Å². The maximum Gasteiger partial charge on any atom is 0.207 e. The van der Waals surface area contributed by atoms with Gasteiger partial charge in [-0.15, -0.1) is 0 Å². The van der Waals surface area contributed by atoms with E-state index in [0.717, 1.165) is 12.0 Å². The summed E-state index contributed by atoms with van der Waals surface area (Å²) in [6.07, 6.45) is 2.64. The number of aliphatic hydroxyl groups is 1. The summed E-state index contributed by atoms with van der Waals surface area (Å²) in [7, 11) is 0. The summed E-state index contributed by atoms with van der Waals surface area (Å²) in [5.74, 6) is 1.34. The second-order valence-corrected chi connectivity index (χ2v) is 6.38. The molecule has 1 fully saturated rings. The number of nitrogens with zero attached hydrogens (tertiary/aromatic N) is 4. The molecule has 6 nitrogen and oxygen atoms in total. The molecule has 2 aliphatic heterocycles. The SMILES string of the molecule is CC1(C)Oc2ccc(C#N)cc2[C@@H](N2CCCC2=NC#N)[C@@H]1O. The molecule has 0 amide bonds. The van der Waals surface area contributed by atoms with Gasteiger partial charge in [-0.05, 0) is 38.5 Å². The number of hydrogen-bond acceptors (Lipinski definition) is 5. The second kappa shape index (κ2) is 5.57. The highest BCUT2D eigenvalue weighted by Crippen LogP contribution is 2.44. The lowest BCUT2D eigenvalue weighted by atomic mass is 9.85. The molecule has 6 heteroatoms. The highest BCUT2D eigenvalue weighted by atomic mass is 16.5. The number of hydrogen-bond donors (Lipinski definition) is 1. The van der Waals surface area contributed by atoms with Crippen molar-refractivity contribution in [2.45, 2.75) is 44.4 Å². The summed E-state index contributed by atoms with van der Waals surface area (Å²) in [5.41, 5.74) is 0.511. The van der Waals surface area contributed by atoms with Crippen LogP contribution in [-0.2, 0) is 0 Å². The third kappa shape index (κ3) is 2.52. The van der Waals surface area contributed by atoms with Crippen LogP contribution in [0.15, 0.2) is 23.2 Å². The molecular formula is C17H18N4O2. The fraction of sp³-hybridized carbons (Fsp3) is 0.471. The Morgan fingerprint density at radius 1 is 1.39 bits per heavy atom. The average Bonchev–Trinajstić information content (AvgIpc) is 2.96. The van der Waals surface area contributed by atoms with E-state index in [9.17, 15) is 5.11 Å². The van der Waals surface area contributed by atoms with Crippen LogP contribution >= 0.6 is 0 Å². The Morgan fingerprint density at radius 3 is 2.87 bits per heavy atom. The molecule has 0 aromatic heterocycles. The average molecular weight is 310 g/mol. The van der Waals surface area contributed by atoms with Gasteiger partial charge >= 0.3 is 0 Å². The highest BCUT2D eigenvalue weighted by molar-refractivity contribution is 5.85. The molecule has 1 aromatic rings. The van der Waals surface area contributed by atoms with Gasteiger partial charge in [-0.3, -0.25) is 0 Å². The molecule has 2 heterocycles. The lowest BCUT2D eigenvalue weighted by Gasteiger charge is -2.45. The van der Waals surface area contributed by atoms with Crippen LogP contribution in [0.1, 0.15) is 43.9 Å². The van der Waals surface area contributed by atoms with Gasteiger partial charge in [0.2, 0.25) is 6.19 Å². The maximum atomic E-state index is 10.9. The van der Waals surface area contributed by atoms with Crippen LogP contribution in [0.4, 0.5) is 0 Å². The van der Waals surface area contributed by atoms with Crippen LogP contribution in [0.5, 0.6) is 5.75 Å². The lowest BCUT2D eigenvalue weighted by molar-refractivity contribution is -0.0802. The van der Waals surface area contributed by atoms with Gasteiger partial charge in [0, 0.05) is 18.5 Å². The smallest absolute Gasteiger partial charge is 0.207 e. The van der Waals surface area contributed by atoms with Gasteiger partial charge in [0.1, 0.15) is 23.3 Å². The van der Waals surface area contributed by atoms with Crippen molar-refractivity contribution in [2.24, 2.45) is 4.99 Å². The first kappa shape index (κ1) is 15.3. The summed E-state index contributed by atoms with van der Waals surface area (Å²) in [5, 5.41) is 28.9. The van der Waals surface area contributed by atoms with E-state index in [2.05, 4.69) is 11.1 Å². The summed E-state index contributed by atoms with van der Waals surface area (Å²) < 4.78 is 5.93. The Kier molecular flexibility index (Phi) is 3.71. The molecule has 0 radical (unpaired) electrons. The Bertz CT molecular complexity index is 742. The molecule has 0 spiro atoms. The Labute approximate surface area is 135 Å². The zero-order chi connectivity index (χ0) is 16.6. The number of rotatable bonds is 1. The summed E-state index contributed by atoms with van der Waals surface area (Å²) in [6.45, 7) is 4.39. The molecule has 118 valence electrons. The molecule has 0 bridgehead atoms. The van der Waals surface area contributed by atoms with Crippen molar-refractivity contribution in [3.05, 3.63) is 29.3 Å². The van der Waals surface area contributed by atoms with E-state index in [1.165, 1.54) is 0 Å². The first-order valence-electron chi connectivity index (χ1n) is 7.61. The van der Waals surface area contributed by atoms with Crippen molar-refractivity contribution < 1.29 is 9.84 Å². The van der Waals surface area contributed by atoms with Gasteiger partial charge in [0.25, 0.3) is 0 Å². The van der Waals surface area contributed by atoms with Crippen LogP contribution in [0, 0.1) is 22.8 Å². The molecule has 0 aliphatic carbocycles. The van der Waals surface area contributed by atoms with Crippen LogP contribution in [0.2, 0.25) is 0 Å². The minimum atomic E-state index is -0.800. The topological polar surface area (TPSA) is 92.6 Å². The van der Waals surface area contributed by atoms with Gasteiger partial charge in [-0.2, -0.15) is 15.5 Å². The first-order chi connectivity index (χ1) is 11.0. The van der Waals surface area contributed by atoms with Crippen molar-refractivity contribution in [3.63, 3.8) is 0 Å². The van der Waals surface area contributed by atoms with Crippen molar-refractivity contribution in [1.29, 1.82) is 10.5 Å². The molecule has 1 aromatic carbocycles. The first-order valence-corrected chi connectivity index (χ1v) is 7.61. The van der Waals surface area contributed by atoms with Gasteiger partial charge in [-0.25, -0.2) is 0 Å². The molecular weight excluding hydrogens is 292 g/mol. The van der Waals surface area contributed by atoms with E-state index in [-0.39, 0.29) is 6.04 Å². The van der Waals surface area contributed by atoms with Crippen LogP contribution < -0.4 is 4.74 Å². The van der Waals surface area contributed by atoms with E-state index >= 15 is 0 Å². The summed E-state index contributed by atoms with van der Waals surface area (Å²) in [4.78, 5) is 5.88. The minimum Gasteiger partial charge on any atom is -0.485 e. The molecule has 23 heavy (non-hydrogen) atoms. The zero-order valence-electron chi connectivity index (χ0n) is 13.2. The van der Waals surface area contributed by atoms with Crippen molar-refractivity contribution in [3.8, 4) is 18.0 Å². The highest BCUT2D eigenvalue weighted by Gasteiger charge is 2.47. The number of benzene rings is 1. The van der Waals surface area contributed by atoms with Crippen LogP contribution in [-0.4, -0.2) is 34.1 Å². The number of aliphatic imine (C=N–C) groups is 1. The van der Waals surface area contributed by atoms with E-state index in [1.807, 2.05) is 24.9 Å². The van der Waals surface area contributed by atoms with Gasteiger partial charge in [-0.1, -0.05) is 0 Å². The van der Waals surface area contributed by atoms with Crippen molar-refractivity contribution in [1.82, 2.24) is 4.90 Å². The van der Waals surface area contributed by atoms with E-state index in [4.69, 9.17) is 15.3 Å². The zero-order valence-corrected chi connectivity index (χ0v) is 13.2. The number of aliphatic hydroxyl groups excluding tert-OH is 1. The van der Waals surface area contributed by atoms with E-state index in [0.29, 0.717) is 30.1 Å². The maximum absolute atomic E-state index is 10.9. The number of amidine groups is 1. The third-order valence-corrected chi connectivity index (χ3v) is 4.49. The monoisotopic (exact) mass is 310 g/mol. The van der Waals surface area contributed by atoms with Crippen molar-refractivity contribution in [2.75, 3.05) is 6.54 Å². The Balaban J connectivity index is 2.13.